The van der Waals surface area contributed by atoms with E-state index in [0.717, 1.165) is 32.1 Å². The van der Waals surface area contributed by atoms with E-state index in [4.69, 9.17) is 4.52 Å². The molecule has 1 unspecified atom stereocenters. The maximum absolute atomic E-state index is 11.7. The second-order valence-corrected chi connectivity index (χ2v) is 4.56. The molecule has 0 aromatic heterocycles. The Morgan fingerprint density at radius 3 is 2.33 bits per heavy atom. The van der Waals surface area contributed by atoms with Gasteiger partial charge < -0.3 is 9.05 Å². The van der Waals surface area contributed by atoms with Crippen LogP contribution in [0.4, 0.5) is 13.2 Å². The summed E-state index contributed by atoms with van der Waals surface area (Å²) in [6.07, 6.45) is -0.0886. The molecule has 0 amide bonds. The van der Waals surface area contributed by atoms with Crippen molar-refractivity contribution in [2.45, 2.75) is 44.4 Å². The van der Waals surface area contributed by atoms with Gasteiger partial charge in [0.15, 0.2) is 6.61 Å². The molecule has 0 heterocycles. The number of rotatable bonds is 4. The molecule has 15 heavy (non-hydrogen) atoms. The molecule has 0 radical (unpaired) electrons. The van der Waals surface area contributed by atoms with Gasteiger partial charge in [-0.2, -0.15) is 13.2 Å². The molecule has 0 aromatic carbocycles. The zero-order chi connectivity index (χ0) is 11.3. The van der Waals surface area contributed by atoms with Crippen LogP contribution in [0.5, 0.6) is 0 Å². The number of hydrogen-bond acceptors (Lipinski definition) is 3. The van der Waals surface area contributed by atoms with Crippen molar-refractivity contribution >= 4 is 8.25 Å². The predicted octanol–water partition coefficient (Wildman–Crippen LogP) is 3.30. The summed E-state index contributed by atoms with van der Waals surface area (Å²) in [6.45, 7) is -1.50. The van der Waals surface area contributed by atoms with Crippen LogP contribution >= 0.6 is 8.25 Å². The summed E-state index contributed by atoms with van der Waals surface area (Å²) >= 11 is 0. The predicted molar refractivity (Wildman–Crippen MR) is 49.0 cm³/mol. The number of alkyl halides is 3. The molecule has 0 aromatic rings. The molecule has 1 aliphatic rings. The van der Waals surface area contributed by atoms with Crippen molar-refractivity contribution < 1.29 is 26.8 Å². The van der Waals surface area contributed by atoms with Gasteiger partial charge >= 0.3 is 14.4 Å². The minimum absolute atomic E-state index is 0.196. The van der Waals surface area contributed by atoms with Crippen LogP contribution in [0.15, 0.2) is 0 Å². The van der Waals surface area contributed by atoms with Crippen LogP contribution in [0.25, 0.3) is 0 Å². The monoisotopic (exact) mass is 246 g/mol. The van der Waals surface area contributed by atoms with E-state index in [1.165, 1.54) is 0 Å². The molecular formula is C8H14F3O3P. The SMILES string of the molecule is O=[PH](OCC(F)(F)F)OC1CCCCC1. The Morgan fingerprint density at radius 2 is 1.80 bits per heavy atom. The van der Waals surface area contributed by atoms with Crippen molar-refractivity contribution in [1.82, 2.24) is 0 Å². The van der Waals surface area contributed by atoms with E-state index < -0.39 is 21.0 Å². The van der Waals surface area contributed by atoms with Crippen molar-refractivity contribution in [1.29, 1.82) is 0 Å². The summed E-state index contributed by atoms with van der Waals surface area (Å²) in [5.74, 6) is 0. The normalized spacial score (nSPS) is 21.5. The third-order valence-corrected chi connectivity index (χ3v) is 3.07. The van der Waals surface area contributed by atoms with Crippen LogP contribution in [-0.2, 0) is 13.6 Å². The van der Waals surface area contributed by atoms with E-state index in [9.17, 15) is 17.7 Å². The van der Waals surface area contributed by atoms with Gasteiger partial charge in [0.1, 0.15) is 0 Å². The van der Waals surface area contributed by atoms with Gasteiger partial charge in [-0.3, -0.25) is 4.57 Å². The zero-order valence-electron chi connectivity index (χ0n) is 8.18. The Morgan fingerprint density at radius 1 is 1.20 bits per heavy atom. The third-order valence-electron chi connectivity index (χ3n) is 2.17. The summed E-state index contributed by atoms with van der Waals surface area (Å²) in [5, 5.41) is 0. The van der Waals surface area contributed by atoms with Gasteiger partial charge in [0.25, 0.3) is 0 Å². The lowest BCUT2D eigenvalue weighted by molar-refractivity contribution is -0.154. The molecule has 0 spiro atoms. The van der Waals surface area contributed by atoms with Crippen LogP contribution in [0, 0.1) is 0 Å². The van der Waals surface area contributed by atoms with Crippen molar-refractivity contribution in [2.75, 3.05) is 6.61 Å². The Balaban J connectivity index is 2.17. The minimum atomic E-state index is -4.45. The fourth-order valence-electron chi connectivity index (χ4n) is 1.49. The van der Waals surface area contributed by atoms with Crippen molar-refractivity contribution in [2.24, 2.45) is 0 Å². The molecule has 1 aliphatic carbocycles. The van der Waals surface area contributed by atoms with Crippen LogP contribution in [0.1, 0.15) is 32.1 Å². The quantitative estimate of drug-likeness (QED) is 0.714. The summed E-state index contributed by atoms with van der Waals surface area (Å²) in [7, 11) is -2.99. The maximum Gasteiger partial charge on any atom is 0.412 e. The molecule has 0 aliphatic heterocycles. The van der Waals surface area contributed by atoms with Crippen LogP contribution in [0.2, 0.25) is 0 Å². The Bertz CT molecular complexity index is 214. The second kappa shape index (κ2) is 5.87. The largest absolute Gasteiger partial charge is 0.412 e. The lowest BCUT2D eigenvalue weighted by Crippen LogP contribution is -2.17. The number of hydrogen-bond donors (Lipinski definition) is 0. The van der Waals surface area contributed by atoms with E-state index >= 15 is 0 Å². The summed E-state index contributed by atoms with van der Waals surface area (Å²) in [4.78, 5) is 0. The second-order valence-electron chi connectivity index (χ2n) is 3.53. The molecule has 3 nitrogen and oxygen atoms in total. The Labute approximate surface area is 86.9 Å². The van der Waals surface area contributed by atoms with E-state index in [0.29, 0.717) is 0 Å². The van der Waals surface area contributed by atoms with Gasteiger partial charge in [0.2, 0.25) is 0 Å². The van der Waals surface area contributed by atoms with Gasteiger partial charge in [-0.25, -0.2) is 0 Å². The topological polar surface area (TPSA) is 35.5 Å². The minimum Gasteiger partial charge on any atom is -0.307 e. The average Bonchev–Trinajstić information content (AvgIpc) is 2.15. The smallest absolute Gasteiger partial charge is 0.307 e. The van der Waals surface area contributed by atoms with Crippen molar-refractivity contribution in [3.05, 3.63) is 0 Å². The lowest BCUT2D eigenvalue weighted by Gasteiger charge is -2.21. The fraction of sp³-hybridized carbons (Fsp3) is 1.00. The Kier molecular flexibility index (Phi) is 5.09. The van der Waals surface area contributed by atoms with Crippen LogP contribution in [-0.4, -0.2) is 18.9 Å². The number of halogens is 3. The molecule has 0 N–H and O–H groups in total. The summed E-state index contributed by atoms with van der Waals surface area (Å²) < 4.78 is 55.1. The highest BCUT2D eigenvalue weighted by molar-refractivity contribution is 7.33. The molecule has 1 atom stereocenters. The molecule has 1 rings (SSSR count). The first-order chi connectivity index (χ1) is 6.97. The third kappa shape index (κ3) is 6.17. The summed E-state index contributed by atoms with van der Waals surface area (Å²) in [6, 6.07) is 0. The van der Waals surface area contributed by atoms with Crippen molar-refractivity contribution in [3.8, 4) is 0 Å². The highest BCUT2D eigenvalue weighted by Gasteiger charge is 2.29. The maximum atomic E-state index is 11.7. The van der Waals surface area contributed by atoms with E-state index in [1.807, 2.05) is 0 Å². The van der Waals surface area contributed by atoms with E-state index in [1.54, 1.807) is 0 Å². The molecule has 7 heteroatoms. The highest BCUT2D eigenvalue weighted by atomic mass is 31.1. The molecule has 1 fully saturated rings. The van der Waals surface area contributed by atoms with Gasteiger partial charge in [-0.15, -0.1) is 0 Å². The van der Waals surface area contributed by atoms with Gasteiger partial charge in [0.05, 0.1) is 6.10 Å². The van der Waals surface area contributed by atoms with Gasteiger partial charge in [-0.05, 0) is 12.8 Å². The lowest BCUT2D eigenvalue weighted by atomic mass is 9.98. The molecule has 1 saturated carbocycles. The fourth-order valence-corrected chi connectivity index (χ4v) is 2.35. The Hall–Kier alpha value is -0.0600. The molecule has 90 valence electrons. The van der Waals surface area contributed by atoms with E-state index in [2.05, 4.69) is 4.52 Å². The first kappa shape index (κ1) is 13.0. The first-order valence-corrected chi connectivity index (χ1v) is 6.10. The molecular weight excluding hydrogens is 232 g/mol. The first-order valence-electron chi connectivity index (χ1n) is 4.87. The van der Waals surface area contributed by atoms with Gasteiger partial charge in [0, 0.05) is 0 Å². The average molecular weight is 246 g/mol. The molecule has 0 bridgehead atoms. The standard InChI is InChI=1S/C8H14F3O3P/c9-8(10,11)6-13-15(12)14-7-4-2-1-3-5-7/h7,15H,1-6H2. The van der Waals surface area contributed by atoms with Crippen LogP contribution < -0.4 is 0 Å². The van der Waals surface area contributed by atoms with Gasteiger partial charge in [-0.1, -0.05) is 19.3 Å². The highest BCUT2D eigenvalue weighted by Crippen LogP contribution is 2.33. The van der Waals surface area contributed by atoms with E-state index in [-0.39, 0.29) is 6.10 Å². The molecule has 0 saturated heterocycles. The summed E-state index contributed by atoms with van der Waals surface area (Å²) in [5.41, 5.74) is 0. The zero-order valence-corrected chi connectivity index (χ0v) is 9.18. The van der Waals surface area contributed by atoms with Crippen LogP contribution in [0.3, 0.4) is 0 Å². The van der Waals surface area contributed by atoms with Crippen molar-refractivity contribution in [3.63, 3.8) is 0 Å².